The van der Waals surface area contributed by atoms with Gasteiger partial charge in [-0.1, -0.05) is 17.7 Å². The van der Waals surface area contributed by atoms with Crippen LogP contribution < -0.4 is 0 Å². The highest BCUT2D eigenvalue weighted by atomic mass is 35.5. The second kappa shape index (κ2) is 5.35. The molecule has 2 heterocycles. The Bertz CT molecular complexity index is 817. The molecule has 0 unspecified atom stereocenters. The summed E-state index contributed by atoms with van der Waals surface area (Å²) in [6.07, 6.45) is 0.696. The number of alkyl halides is 1. The molecule has 0 radical (unpaired) electrons. The van der Waals surface area contributed by atoms with Gasteiger partial charge in [-0.25, -0.2) is 9.67 Å². The van der Waals surface area contributed by atoms with Gasteiger partial charge in [0.25, 0.3) is 0 Å². The fraction of sp³-hybridized carbons (Fsp3) is 0.333. The summed E-state index contributed by atoms with van der Waals surface area (Å²) in [6.45, 7) is 4.03. The lowest BCUT2D eigenvalue weighted by molar-refractivity contribution is 0.750. The second-order valence-electron chi connectivity index (χ2n) is 5.11. The first-order valence-corrected chi connectivity index (χ1v) is 7.67. The van der Waals surface area contributed by atoms with E-state index in [-0.39, 0.29) is 0 Å². The van der Waals surface area contributed by atoms with Gasteiger partial charge in [0.05, 0.1) is 11.4 Å². The molecule has 0 aliphatic rings. The number of halogens is 2. The number of hydrogen-bond acceptors (Lipinski definition) is 2. The quantitative estimate of drug-likeness (QED) is 0.687. The third-order valence-electron chi connectivity index (χ3n) is 3.60. The van der Waals surface area contributed by atoms with Crippen molar-refractivity contribution in [2.24, 2.45) is 7.05 Å². The van der Waals surface area contributed by atoms with Crippen LogP contribution in [0, 0.1) is 13.8 Å². The maximum absolute atomic E-state index is 6.18. The van der Waals surface area contributed by atoms with Crippen molar-refractivity contribution in [2.45, 2.75) is 20.3 Å². The maximum atomic E-state index is 6.18. The minimum atomic E-state index is 0.523. The predicted octanol–water partition coefficient (Wildman–Crippen LogP) is 3.81. The van der Waals surface area contributed by atoms with Crippen molar-refractivity contribution in [3.63, 3.8) is 0 Å². The molecular weight excluding hydrogens is 307 g/mol. The molecule has 0 aliphatic heterocycles. The standard InChI is InChI=1S/C15H16Cl2N4/c1-9-4-5-11(17)8-12(9)21-13(6-7-16)18-14-10(2)19-20(3)15(14)21/h4-5,8H,6-7H2,1-3H3. The van der Waals surface area contributed by atoms with Gasteiger partial charge in [0.15, 0.2) is 5.65 Å². The van der Waals surface area contributed by atoms with Crippen LogP contribution >= 0.6 is 23.2 Å². The van der Waals surface area contributed by atoms with Crippen LogP contribution in [0.25, 0.3) is 16.9 Å². The highest BCUT2D eigenvalue weighted by Crippen LogP contribution is 2.27. The lowest BCUT2D eigenvalue weighted by atomic mass is 10.2. The van der Waals surface area contributed by atoms with Crippen molar-refractivity contribution in [1.29, 1.82) is 0 Å². The van der Waals surface area contributed by atoms with E-state index in [1.54, 1.807) is 0 Å². The fourth-order valence-corrected chi connectivity index (χ4v) is 2.98. The molecular formula is C15H16Cl2N4. The number of aromatic nitrogens is 4. The third-order valence-corrected chi connectivity index (χ3v) is 4.03. The van der Waals surface area contributed by atoms with E-state index in [2.05, 4.69) is 16.6 Å². The molecule has 0 N–H and O–H groups in total. The number of hydrogen-bond donors (Lipinski definition) is 0. The van der Waals surface area contributed by atoms with Crippen LogP contribution in [-0.2, 0) is 13.5 Å². The molecule has 1 aromatic carbocycles. The minimum Gasteiger partial charge on any atom is -0.281 e. The average Bonchev–Trinajstić information content (AvgIpc) is 2.93. The summed E-state index contributed by atoms with van der Waals surface area (Å²) >= 11 is 12.1. The van der Waals surface area contributed by atoms with Crippen molar-refractivity contribution < 1.29 is 0 Å². The lowest BCUT2D eigenvalue weighted by Gasteiger charge is -2.12. The van der Waals surface area contributed by atoms with Crippen LogP contribution in [0.15, 0.2) is 18.2 Å². The van der Waals surface area contributed by atoms with Gasteiger partial charge in [0.1, 0.15) is 11.3 Å². The first kappa shape index (κ1) is 14.4. The van der Waals surface area contributed by atoms with Crippen molar-refractivity contribution in [3.8, 4) is 5.69 Å². The minimum absolute atomic E-state index is 0.523. The second-order valence-corrected chi connectivity index (χ2v) is 5.93. The molecule has 0 fully saturated rings. The van der Waals surface area contributed by atoms with E-state index in [9.17, 15) is 0 Å². The topological polar surface area (TPSA) is 35.6 Å². The van der Waals surface area contributed by atoms with E-state index in [0.717, 1.165) is 33.9 Å². The molecule has 2 aromatic heterocycles. The molecule has 3 rings (SSSR count). The number of rotatable bonds is 3. The number of nitrogens with zero attached hydrogens (tertiary/aromatic N) is 4. The fourth-order valence-electron chi connectivity index (χ4n) is 2.65. The Morgan fingerprint density at radius 1 is 1.24 bits per heavy atom. The Balaban J connectivity index is 2.38. The van der Waals surface area contributed by atoms with Gasteiger partial charge < -0.3 is 0 Å². The van der Waals surface area contributed by atoms with E-state index < -0.39 is 0 Å². The van der Waals surface area contributed by atoms with E-state index in [1.807, 2.05) is 36.9 Å². The van der Waals surface area contributed by atoms with Crippen molar-refractivity contribution in [3.05, 3.63) is 40.3 Å². The van der Waals surface area contributed by atoms with Crippen molar-refractivity contribution in [2.75, 3.05) is 5.88 Å². The maximum Gasteiger partial charge on any atom is 0.163 e. The van der Waals surface area contributed by atoms with Gasteiger partial charge in [-0.2, -0.15) is 5.10 Å². The summed E-state index contributed by atoms with van der Waals surface area (Å²) in [5.74, 6) is 1.46. The zero-order chi connectivity index (χ0) is 15.1. The first-order chi connectivity index (χ1) is 10.0. The molecule has 0 saturated heterocycles. The van der Waals surface area contributed by atoms with Crippen LogP contribution in [0.1, 0.15) is 17.1 Å². The highest BCUT2D eigenvalue weighted by Gasteiger charge is 2.19. The zero-order valence-electron chi connectivity index (χ0n) is 12.2. The number of benzene rings is 1. The Labute approximate surface area is 133 Å². The molecule has 110 valence electrons. The molecule has 0 spiro atoms. The van der Waals surface area contributed by atoms with Gasteiger partial charge in [-0.15, -0.1) is 11.6 Å². The Morgan fingerprint density at radius 2 is 2.00 bits per heavy atom. The summed E-state index contributed by atoms with van der Waals surface area (Å²) in [5, 5.41) is 5.16. The number of imidazole rings is 1. The van der Waals surface area contributed by atoms with Gasteiger partial charge >= 0.3 is 0 Å². The Kier molecular flexibility index (Phi) is 3.68. The summed E-state index contributed by atoms with van der Waals surface area (Å²) in [5.41, 5.74) is 4.96. The number of fused-ring (bicyclic) bond motifs is 1. The molecule has 6 heteroatoms. The van der Waals surface area contributed by atoms with Crippen molar-refractivity contribution >= 4 is 34.4 Å². The lowest BCUT2D eigenvalue weighted by Crippen LogP contribution is -2.07. The highest BCUT2D eigenvalue weighted by molar-refractivity contribution is 6.30. The monoisotopic (exact) mass is 322 g/mol. The summed E-state index contributed by atoms with van der Waals surface area (Å²) in [4.78, 5) is 4.72. The van der Waals surface area contributed by atoms with Crippen LogP contribution in [0.3, 0.4) is 0 Å². The molecule has 0 saturated carbocycles. The Hall–Kier alpha value is -1.52. The molecule has 4 nitrogen and oxygen atoms in total. The van der Waals surface area contributed by atoms with Crippen LogP contribution in [-0.4, -0.2) is 25.2 Å². The molecule has 3 aromatic rings. The Morgan fingerprint density at radius 3 is 2.71 bits per heavy atom. The summed E-state index contributed by atoms with van der Waals surface area (Å²) in [6, 6.07) is 5.86. The van der Waals surface area contributed by atoms with Gasteiger partial charge in [-0.05, 0) is 31.5 Å². The molecule has 0 aliphatic carbocycles. The first-order valence-electron chi connectivity index (χ1n) is 6.76. The SMILES string of the molecule is Cc1ccc(Cl)cc1-n1c(CCCl)nc2c(C)nn(C)c21. The zero-order valence-corrected chi connectivity index (χ0v) is 13.7. The van der Waals surface area contributed by atoms with E-state index in [4.69, 9.17) is 28.2 Å². The summed E-state index contributed by atoms with van der Waals surface area (Å²) in [7, 11) is 1.93. The van der Waals surface area contributed by atoms with Gasteiger partial charge in [0.2, 0.25) is 0 Å². The van der Waals surface area contributed by atoms with Crippen LogP contribution in [0.2, 0.25) is 5.02 Å². The average molecular weight is 323 g/mol. The normalized spacial score (nSPS) is 11.5. The molecule has 0 amide bonds. The predicted molar refractivity (Wildman–Crippen MR) is 86.7 cm³/mol. The summed E-state index contributed by atoms with van der Waals surface area (Å²) < 4.78 is 3.97. The largest absolute Gasteiger partial charge is 0.281 e. The molecule has 0 atom stereocenters. The third kappa shape index (κ3) is 2.32. The van der Waals surface area contributed by atoms with E-state index >= 15 is 0 Å². The van der Waals surface area contributed by atoms with Crippen LogP contribution in [0.5, 0.6) is 0 Å². The van der Waals surface area contributed by atoms with Gasteiger partial charge in [0, 0.05) is 24.4 Å². The molecule has 0 bridgehead atoms. The van der Waals surface area contributed by atoms with E-state index in [0.29, 0.717) is 17.3 Å². The van der Waals surface area contributed by atoms with Crippen molar-refractivity contribution in [1.82, 2.24) is 19.3 Å². The van der Waals surface area contributed by atoms with E-state index in [1.165, 1.54) is 0 Å². The van der Waals surface area contributed by atoms with Gasteiger partial charge in [-0.3, -0.25) is 4.57 Å². The smallest absolute Gasteiger partial charge is 0.163 e. The number of aryl methyl sites for hydroxylation is 4. The van der Waals surface area contributed by atoms with Crippen LogP contribution in [0.4, 0.5) is 0 Å². The molecule has 21 heavy (non-hydrogen) atoms.